The Bertz CT molecular complexity index is 1260. The smallest absolute Gasteiger partial charge is 0.313 e. The molecule has 1 atom stereocenters. The average molecular weight is 376 g/mol. The predicted octanol–water partition coefficient (Wildman–Crippen LogP) is 2.70. The van der Waals surface area contributed by atoms with Gasteiger partial charge in [-0.2, -0.15) is 0 Å². The van der Waals surface area contributed by atoms with Crippen molar-refractivity contribution in [2.75, 3.05) is 6.79 Å². The van der Waals surface area contributed by atoms with Crippen LogP contribution in [0.3, 0.4) is 0 Å². The van der Waals surface area contributed by atoms with E-state index in [1.54, 1.807) is 4.57 Å². The maximum Gasteiger partial charge on any atom is 0.313 e. The van der Waals surface area contributed by atoms with Gasteiger partial charge < -0.3 is 18.8 Å². The van der Waals surface area contributed by atoms with E-state index >= 15 is 0 Å². The zero-order valence-electron chi connectivity index (χ0n) is 15.2. The summed E-state index contributed by atoms with van der Waals surface area (Å²) in [5.74, 6) is 0.714. The fourth-order valence-corrected chi connectivity index (χ4v) is 4.40. The van der Waals surface area contributed by atoms with E-state index < -0.39 is 5.92 Å². The highest BCUT2D eigenvalue weighted by atomic mass is 16.7. The van der Waals surface area contributed by atoms with E-state index in [1.165, 1.54) is 0 Å². The lowest BCUT2D eigenvalue weighted by atomic mass is 9.90. The third-order valence-corrected chi connectivity index (χ3v) is 5.82. The standard InChI is InChI=1S/C21H16N2O5/c1-2-12-13-5-16-19-11(7-23(16)20(24)14(13)8-26-21(12)25)3-10-4-17-18(28-9-27-17)6-15(10)22-19/h3-6,12H,2,7-9H2,1H3. The van der Waals surface area contributed by atoms with Crippen molar-refractivity contribution in [2.24, 2.45) is 0 Å². The summed E-state index contributed by atoms with van der Waals surface area (Å²) in [6.45, 7) is 2.63. The van der Waals surface area contributed by atoms with E-state index in [0.717, 1.165) is 33.4 Å². The van der Waals surface area contributed by atoms with Crippen LogP contribution in [-0.2, 0) is 22.7 Å². The van der Waals surface area contributed by atoms with Gasteiger partial charge in [-0.3, -0.25) is 9.59 Å². The number of rotatable bonds is 1. The van der Waals surface area contributed by atoms with Crippen LogP contribution in [0.4, 0.5) is 0 Å². The second kappa shape index (κ2) is 5.34. The van der Waals surface area contributed by atoms with Crippen molar-refractivity contribution in [1.82, 2.24) is 9.55 Å². The molecule has 1 aromatic carbocycles. The van der Waals surface area contributed by atoms with E-state index in [9.17, 15) is 9.59 Å². The van der Waals surface area contributed by atoms with E-state index in [4.69, 9.17) is 19.2 Å². The number of cyclic esters (lactones) is 1. The first-order chi connectivity index (χ1) is 13.6. The lowest BCUT2D eigenvalue weighted by Gasteiger charge is -2.24. The van der Waals surface area contributed by atoms with Crippen LogP contribution in [0.15, 0.2) is 29.1 Å². The molecule has 5 heterocycles. The Kier molecular flexibility index (Phi) is 2.99. The van der Waals surface area contributed by atoms with Crippen LogP contribution in [-0.4, -0.2) is 22.3 Å². The molecule has 140 valence electrons. The van der Waals surface area contributed by atoms with Crippen molar-refractivity contribution < 1.29 is 19.0 Å². The molecule has 0 saturated heterocycles. The van der Waals surface area contributed by atoms with E-state index in [-0.39, 0.29) is 24.9 Å². The first-order valence-electron chi connectivity index (χ1n) is 9.31. The zero-order valence-corrected chi connectivity index (χ0v) is 15.2. The first kappa shape index (κ1) is 15.7. The normalized spacial score (nSPS) is 18.6. The lowest BCUT2D eigenvalue weighted by molar-refractivity contribution is -0.148. The Morgan fingerprint density at radius 3 is 2.75 bits per heavy atom. The Morgan fingerprint density at radius 1 is 1.11 bits per heavy atom. The molecule has 3 aliphatic heterocycles. The Labute approximate surface area is 159 Å². The van der Waals surface area contributed by atoms with Crippen LogP contribution in [0.2, 0.25) is 0 Å². The number of ether oxygens (including phenoxy) is 3. The quantitative estimate of drug-likeness (QED) is 0.475. The molecule has 1 unspecified atom stereocenters. The minimum atomic E-state index is -0.402. The molecule has 0 fully saturated rings. The fraction of sp³-hybridized carbons (Fsp3) is 0.286. The van der Waals surface area contributed by atoms with E-state index in [0.29, 0.717) is 30.0 Å². The molecule has 6 rings (SSSR count). The fourth-order valence-electron chi connectivity index (χ4n) is 4.40. The van der Waals surface area contributed by atoms with Gasteiger partial charge in [0.2, 0.25) is 6.79 Å². The summed E-state index contributed by atoms with van der Waals surface area (Å²) in [6, 6.07) is 7.78. The summed E-state index contributed by atoms with van der Waals surface area (Å²) in [5, 5.41) is 0.943. The van der Waals surface area contributed by atoms with Crippen LogP contribution in [0.25, 0.3) is 22.3 Å². The van der Waals surface area contributed by atoms with Crippen molar-refractivity contribution in [3.8, 4) is 22.9 Å². The largest absolute Gasteiger partial charge is 0.460 e. The maximum atomic E-state index is 13.1. The second-order valence-corrected chi connectivity index (χ2v) is 7.32. The molecular formula is C21H16N2O5. The summed E-state index contributed by atoms with van der Waals surface area (Å²) in [6.07, 6.45) is 0.593. The predicted molar refractivity (Wildman–Crippen MR) is 99.5 cm³/mol. The van der Waals surface area contributed by atoms with Gasteiger partial charge in [-0.25, -0.2) is 4.98 Å². The van der Waals surface area contributed by atoms with Crippen molar-refractivity contribution in [2.45, 2.75) is 32.4 Å². The molecule has 0 saturated carbocycles. The average Bonchev–Trinajstić information content (AvgIpc) is 3.28. The second-order valence-electron chi connectivity index (χ2n) is 7.32. The van der Waals surface area contributed by atoms with Gasteiger partial charge in [-0.1, -0.05) is 6.92 Å². The van der Waals surface area contributed by atoms with Gasteiger partial charge in [0.1, 0.15) is 6.61 Å². The third-order valence-electron chi connectivity index (χ3n) is 5.82. The highest BCUT2D eigenvalue weighted by Gasteiger charge is 2.34. The van der Waals surface area contributed by atoms with Crippen LogP contribution in [0.1, 0.15) is 36.0 Å². The molecule has 2 aromatic heterocycles. The summed E-state index contributed by atoms with van der Waals surface area (Å²) in [7, 11) is 0. The van der Waals surface area contributed by atoms with E-state index in [1.807, 2.05) is 31.2 Å². The van der Waals surface area contributed by atoms with Gasteiger partial charge in [-0.05, 0) is 30.2 Å². The number of esters is 1. The minimum Gasteiger partial charge on any atom is -0.460 e. The summed E-state index contributed by atoms with van der Waals surface area (Å²) in [5.41, 5.74) is 4.55. The lowest BCUT2D eigenvalue weighted by Crippen LogP contribution is -2.32. The first-order valence-corrected chi connectivity index (χ1v) is 9.31. The number of nitrogens with zero attached hydrogens (tertiary/aromatic N) is 2. The molecule has 3 aliphatic rings. The molecule has 0 aliphatic carbocycles. The SMILES string of the molecule is CCC1C(=O)OCc2c1cc1n(c2=O)Cc2cc3cc4c(cc3nc2-1)OCO4. The third kappa shape index (κ3) is 1.96. The molecule has 0 N–H and O–H groups in total. The molecule has 7 heteroatoms. The number of hydrogen-bond donors (Lipinski definition) is 0. The van der Waals surface area contributed by atoms with Crippen molar-refractivity contribution >= 4 is 16.9 Å². The maximum absolute atomic E-state index is 13.1. The Hall–Kier alpha value is -3.35. The number of carbonyl (C=O) groups is 1. The number of pyridine rings is 2. The van der Waals surface area contributed by atoms with Crippen molar-refractivity contribution in [3.63, 3.8) is 0 Å². The van der Waals surface area contributed by atoms with Gasteiger partial charge in [0.05, 0.1) is 34.9 Å². The molecule has 0 bridgehead atoms. The van der Waals surface area contributed by atoms with Crippen LogP contribution < -0.4 is 15.0 Å². The monoisotopic (exact) mass is 376 g/mol. The summed E-state index contributed by atoms with van der Waals surface area (Å²) in [4.78, 5) is 30.1. The van der Waals surface area contributed by atoms with Gasteiger partial charge in [0.15, 0.2) is 11.5 Å². The molecule has 7 nitrogen and oxygen atoms in total. The summed E-state index contributed by atoms with van der Waals surface area (Å²) >= 11 is 0. The minimum absolute atomic E-state index is 0.0386. The Balaban J connectivity index is 1.59. The summed E-state index contributed by atoms with van der Waals surface area (Å²) < 4.78 is 17.9. The van der Waals surface area contributed by atoms with Crippen LogP contribution >= 0.6 is 0 Å². The number of aromatic nitrogens is 2. The van der Waals surface area contributed by atoms with Gasteiger partial charge in [0.25, 0.3) is 5.56 Å². The van der Waals surface area contributed by atoms with Crippen molar-refractivity contribution in [1.29, 1.82) is 0 Å². The zero-order chi connectivity index (χ0) is 19.0. The van der Waals surface area contributed by atoms with Crippen molar-refractivity contribution in [3.05, 3.63) is 51.3 Å². The number of benzene rings is 1. The topological polar surface area (TPSA) is 79.7 Å². The van der Waals surface area contributed by atoms with Gasteiger partial charge in [0, 0.05) is 17.0 Å². The van der Waals surface area contributed by atoms with Crippen LogP contribution in [0.5, 0.6) is 11.5 Å². The molecular weight excluding hydrogens is 360 g/mol. The number of hydrogen-bond acceptors (Lipinski definition) is 6. The van der Waals surface area contributed by atoms with Gasteiger partial charge >= 0.3 is 5.97 Å². The van der Waals surface area contributed by atoms with E-state index in [2.05, 4.69) is 0 Å². The highest BCUT2D eigenvalue weighted by molar-refractivity contribution is 5.87. The molecule has 0 spiro atoms. The highest BCUT2D eigenvalue weighted by Crippen LogP contribution is 2.40. The number of fused-ring (bicyclic) bond motifs is 6. The number of carbonyl (C=O) groups excluding carboxylic acids is 1. The van der Waals surface area contributed by atoms with Gasteiger partial charge in [-0.15, -0.1) is 0 Å². The van der Waals surface area contributed by atoms with Crippen LogP contribution in [0, 0.1) is 0 Å². The molecule has 28 heavy (non-hydrogen) atoms. The molecule has 0 amide bonds. The molecule has 3 aromatic rings. The molecule has 0 radical (unpaired) electrons. The Morgan fingerprint density at radius 2 is 1.93 bits per heavy atom.